The highest BCUT2D eigenvalue weighted by atomic mass is 16.6. The summed E-state index contributed by atoms with van der Waals surface area (Å²) in [6, 6.07) is -0.637. The first kappa shape index (κ1) is 54.2. The molecular weight excluding hydrogens is 727 g/mol. The molecule has 0 aliphatic heterocycles. The zero-order valence-electron chi connectivity index (χ0n) is 37.2. The second-order valence-corrected chi connectivity index (χ2v) is 15.6. The van der Waals surface area contributed by atoms with Crippen molar-refractivity contribution in [2.75, 3.05) is 41.0 Å². The van der Waals surface area contributed by atoms with Gasteiger partial charge >= 0.3 is 17.9 Å². The Morgan fingerprint density at radius 3 is 1.43 bits per heavy atom. The van der Waals surface area contributed by atoms with E-state index in [0.717, 1.165) is 57.8 Å². The van der Waals surface area contributed by atoms with E-state index >= 15 is 0 Å². The van der Waals surface area contributed by atoms with E-state index < -0.39 is 18.1 Å². The fourth-order valence-electron chi connectivity index (χ4n) is 5.79. The maximum atomic E-state index is 12.7. The standard InChI is InChI=1S/C50H81NO7/c1-6-8-10-12-14-16-18-20-22-24-26-28-30-32-34-36-38-40-48(52)57-45-46(44-56-43-42-47(50(54)55)51(3,4)5)58-49(53)41-39-37-35-33-31-29-27-25-23-21-19-17-15-13-11-9-7-2/h9,11,15,17,20-23,26-29,32-35,46-47H,6-8,10,12-14,16,18-19,24-25,30-31,36-45H2,1-5H3/p+1/b11-9+,17-15+,22-20+,23-21+,28-26+,29-27+,34-32+,35-33+. The average Bonchev–Trinajstić information content (AvgIpc) is 3.18. The smallest absolute Gasteiger partial charge is 0.362 e. The molecule has 0 aliphatic rings. The van der Waals surface area contributed by atoms with Crippen LogP contribution in [0.15, 0.2) is 97.2 Å². The minimum absolute atomic E-state index is 0.0163. The molecule has 0 saturated carbocycles. The molecule has 0 radical (unpaired) electrons. The number of carboxylic acid groups (broad SMARTS) is 1. The number of hydrogen-bond donors (Lipinski definition) is 1. The van der Waals surface area contributed by atoms with Crippen LogP contribution in [-0.4, -0.2) is 80.6 Å². The summed E-state index contributed by atoms with van der Waals surface area (Å²) in [5.41, 5.74) is 0. The molecule has 0 fully saturated rings. The number of nitrogens with zero attached hydrogens (tertiary/aromatic N) is 1. The maximum absolute atomic E-state index is 12.7. The minimum Gasteiger partial charge on any atom is -0.477 e. The number of esters is 2. The molecule has 2 unspecified atom stereocenters. The van der Waals surface area contributed by atoms with E-state index in [9.17, 15) is 19.5 Å². The van der Waals surface area contributed by atoms with Gasteiger partial charge in [-0.2, -0.15) is 0 Å². The molecule has 8 heteroatoms. The van der Waals surface area contributed by atoms with Gasteiger partial charge in [0, 0.05) is 19.3 Å². The van der Waals surface area contributed by atoms with Gasteiger partial charge in [0.1, 0.15) is 6.61 Å². The summed E-state index contributed by atoms with van der Waals surface area (Å²) in [7, 11) is 5.48. The van der Waals surface area contributed by atoms with Gasteiger partial charge in [0.05, 0.1) is 34.4 Å². The van der Waals surface area contributed by atoms with E-state index in [2.05, 4.69) is 111 Å². The molecule has 0 spiro atoms. The van der Waals surface area contributed by atoms with Gasteiger partial charge in [0.25, 0.3) is 0 Å². The Bertz CT molecular complexity index is 1260. The molecule has 328 valence electrons. The number of quaternary nitrogens is 1. The van der Waals surface area contributed by atoms with E-state index in [1.54, 1.807) is 0 Å². The quantitative estimate of drug-likeness (QED) is 0.0287. The zero-order chi connectivity index (χ0) is 42.8. The third-order valence-electron chi connectivity index (χ3n) is 9.22. The van der Waals surface area contributed by atoms with Crippen molar-refractivity contribution < 1.29 is 38.2 Å². The summed E-state index contributed by atoms with van der Waals surface area (Å²) >= 11 is 0. The third kappa shape index (κ3) is 37.8. The van der Waals surface area contributed by atoms with Crippen LogP contribution in [0.25, 0.3) is 0 Å². The number of rotatable bonds is 38. The minimum atomic E-state index is -0.895. The van der Waals surface area contributed by atoms with E-state index in [0.29, 0.717) is 19.3 Å². The molecule has 2 atom stereocenters. The van der Waals surface area contributed by atoms with Crippen molar-refractivity contribution in [1.29, 1.82) is 0 Å². The summed E-state index contributed by atoms with van der Waals surface area (Å²) in [5, 5.41) is 9.62. The van der Waals surface area contributed by atoms with Gasteiger partial charge in [-0.15, -0.1) is 0 Å². The summed E-state index contributed by atoms with van der Waals surface area (Å²) in [6.45, 7) is 4.48. The van der Waals surface area contributed by atoms with Crippen LogP contribution in [0.5, 0.6) is 0 Å². The summed E-state index contributed by atoms with van der Waals surface area (Å²) < 4.78 is 17.2. The molecule has 0 saturated heterocycles. The Kier molecular flexibility index (Phi) is 37.5. The van der Waals surface area contributed by atoms with Crippen LogP contribution in [0.4, 0.5) is 0 Å². The van der Waals surface area contributed by atoms with Gasteiger partial charge in [-0.25, -0.2) is 4.79 Å². The number of carbonyl (C=O) groups is 3. The van der Waals surface area contributed by atoms with Crippen LogP contribution in [0.3, 0.4) is 0 Å². The highest BCUT2D eigenvalue weighted by Gasteiger charge is 2.31. The summed E-state index contributed by atoms with van der Waals surface area (Å²) in [4.78, 5) is 36.9. The Hall–Kier alpha value is -3.75. The third-order valence-corrected chi connectivity index (χ3v) is 9.22. The van der Waals surface area contributed by atoms with Crippen LogP contribution in [0.1, 0.15) is 149 Å². The largest absolute Gasteiger partial charge is 0.477 e. The molecule has 0 amide bonds. The molecule has 0 bridgehead atoms. The molecule has 0 aromatic carbocycles. The van der Waals surface area contributed by atoms with Crippen molar-refractivity contribution in [3.63, 3.8) is 0 Å². The molecule has 1 N–H and O–H groups in total. The first-order valence-corrected chi connectivity index (χ1v) is 22.3. The monoisotopic (exact) mass is 809 g/mol. The topological polar surface area (TPSA) is 99.1 Å². The molecule has 0 aliphatic carbocycles. The number of aliphatic carboxylic acids is 1. The molecule has 0 rings (SSSR count). The number of carboxylic acids is 1. The van der Waals surface area contributed by atoms with Crippen molar-refractivity contribution in [2.45, 2.75) is 161 Å². The van der Waals surface area contributed by atoms with Gasteiger partial charge in [0.15, 0.2) is 12.1 Å². The predicted octanol–water partition coefficient (Wildman–Crippen LogP) is 12.3. The number of likely N-dealkylation sites (N-methyl/N-ethyl adjacent to an activating group) is 1. The number of ether oxygens (including phenoxy) is 3. The van der Waals surface area contributed by atoms with Gasteiger partial charge in [-0.05, 0) is 83.5 Å². The van der Waals surface area contributed by atoms with Crippen LogP contribution >= 0.6 is 0 Å². The van der Waals surface area contributed by atoms with Crippen molar-refractivity contribution in [3.8, 4) is 0 Å². The fraction of sp³-hybridized carbons (Fsp3) is 0.620. The van der Waals surface area contributed by atoms with E-state index in [-0.39, 0.29) is 49.1 Å². The fourth-order valence-corrected chi connectivity index (χ4v) is 5.79. The molecule has 0 aromatic heterocycles. The highest BCUT2D eigenvalue weighted by Crippen LogP contribution is 2.11. The Morgan fingerprint density at radius 2 is 0.966 bits per heavy atom. The summed E-state index contributed by atoms with van der Waals surface area (Å²) in [5.74, 6) is -1.62. The van der Waals surface area contributed by atoms with Crippen LogP contribution in [-0.2, 0) is 28.6 Å². The number of carbonyl (C=O) groups excluding carboxylic acids is 2. The zero-order valence-corrected chi connectivity index (χ0v) is 37.2. The lowest BCUT2D eigenvalue weighted by atomic mass is 10.1. The van der Waals surface area contributed by atoms with Crippen molar-refractivity contribution >= 4 is 17.9 Å². The lowest BCUT2D eigenvalue weighted by molar-refractivity contribution is -0.887. The lowest BCUT2D eigenvalue weighted by Crippen LogP contribution is -2.50. The van der Waals surface area contributed by atoms with Crippen LogP contribution < -0.4 is 0 Å². The average molecular weight is 809 g/mol. The van der Waals surface area contributed by atoms with Gasteiger partial charge < -0.3 is 23.8 Å². The highest BCUT2D eigenvalue weighted by molar-refractivity contribution is 5.72. The Morgan fingerprint density at radius 1 is 0.534 bits per heavy atom. The Labute approximate surface area is 354 Å². The Balaban J connectivity index is 4.55. The van der Waals surface area contributed by atoms with E-state index in [4.69, 9.17) is 14.2 Å². The van der Waals surface area contributed by atoms with Gasteiger partial charge in [-0.3, -0.25) is 9.59 Å². The van der Waals surface area contributed by atoms with Gasteiger partial charge in [-0.1, -0.05) is 143 Å². The first-order valence-electron chi connectivity index (χ1n) is 22.3. The normalized spacial score (nSPS) is 13.9. The van der Waals surface area contributed by atoms with Crippen molar-refractivity contribution in [3.05, 3.63) is 97.2 Å². The summed E-state index contributed by atoms with van der Waals surface area (Å²) in [6.07, 6.45) is 53.3. The second kappa shape index (κ2) is 40.0. The molecule has 58 heavy (non-hydrogen) atoms. The number of unbranched alkanes of at least 4 members (excludes halogenated alkanes) is 8. The van der Waals surface area contributed by atoms with E-state index in [1.807, 2.05) is 21.1 Å². The molecular formula is C50H82NO7+. The second-order valence-electron chi connectivity index (χ2n) is 15.6. The van der Waals surface area contributed by atoms with E-state index in [1.165, 1.54) is 44.9 Å². The van der Waals surface area contributed by atoms with Crippen molar-refractivity contribution in [2.24, 2.45) is 0 Å². The molecule has 8 nitrogen and oxygen atoms in total. The van der Waals surface area contributed by atoms with Crippen LogP contribution in [0, 0.1) is 0 Å². The van der Waals surface area contributed by atoms with Crippen molar-refractivity contribution in [1.82, 2.24) is 0 Å². The van der Waals surface area contributed by atoms with Gasteiger partial charge in [0.2, 0.25) is 0 Å². The van der Waals surface area contributed by atoms with Crippen LogP contribution in [0.2, 0.25) is 0 Å². The SMILES string of the molecule is CC/C=C/C/C=C/C/C=C/C/C=C/C/C=C/CCCC(=O)OC(COCCC(C(=O)O)[N+](C)(C)C)COC(=O)CCC/C=C/C/C=C/C/C=C/CCCCCCCC. The first-order chi connectivity index (χ1) is 28.1. The molecule has 0 aromatic rings. The molecule has 0 heterocycles. The predicted molar refractivity (Wildman–Crippen MR) is 243 cm³/mol. The number of hydrogen-bond acceptors (Lipinski definition) is 6. The number of allylic oxidation sites excluding steroid dienone is 16. The lowest BCUT2D eigenvalue weighted by Gasteiger charge is -2.31. The maximum Gasteiger partial charge on any atom is 0.362 e.